The maximum absolute atomic E-state index is 12.0. The number of hydrogen-bond donors (Lipinski definition) is 3. The highest BCUT2D eigenvalue weighted by Crippen LogP contribution is 2.30. The predicted octanol–water partition coefficient (Wildman–Crippen LogP) is 0.265. The van der Waals surface area contributed by atoms with Crippen LogP contribution in [-0.2, 0) is 9.59 Å². The SMILES string of the molecule is CNC(=O)C(C)(C)CNC(=O)N1CCC(C)(C(=O)O)C1. The van der Waals surface area contributed by atoms with Gasteiger partial charge in [0.1, 0.15) is 0 Å². The van der Waals surface area contributed by atoms with Crippen molar-refractivity contribution < 1.29 is 19.5 Å². The fourth-order valence-corrected chi connectivity index (χ4v) is 2.14. The number of carbonyl (C=O) groups is 3. The van der Waals surface area contributed by atoms with Crippen molar-refractivity contribution in [3.63, 3.8) is 0 Å². The predicted molar refractivity (Wildman–Crippen MR) is 73.2 cm³/mol. The van der Waals surface area contributed by atoms with Gasteiger partial charge in [0.25, 0.3) is 0 Å². The summed E-state index contributed by atoms with van der Waals surface area (Å²) in [4.78, 5) is 36.2. The van der Waals surface area contributed by atoms with E-state index in [0.29, 0.717) is 13.0 Å². The molecule has 114 valence electrons. The molecule has 3 N–H and O–H groups in total. The van der Waals surface area contributed by atoms with Crippen molar-refractivity contribution in [2.45, 2.75) is 27.2 Å². The number of carbonyl (C=O) groups excluding carboxylic acids is 2. The highest BCUT2D eigenvalue weighted by Gasteiger charge is 2.42. The van der Waals surface area contributed by atoms with Crippen molar-refractivity contribution in [3.05, 3.63) is 0 Å². The Bertz CT molecular complexity index is 422. The minimum atomic E-state index is -0.890. The number of urea groups is 1. The van der Waals surface area contributed by atoms with Gasteiger partial charge in [0.05, 0.1) is 10.8 Å². The van der Waals surface area contributed by atoms with Gasteiger partial charge in [0, 0.05) is 26.7 Å². The smallest absolute Gasteiger partial charge is 0.317 e. The monoisotopic (exact) mass is 285 g/mol. The molecule has 7 nitrogen and oxygen atoms in total. The second-order valence-electron chi connectivity index (χ2n) is 6.16. The van der Waals surface area contributed by atoms with Crippen LogP contribution >= 0.6 is 0 Å². The standard InChI is InChI=1S/C13H23N3O4/c1-12(2,9(17)14-4)7-15-11(20)16-6-5-13(3,8-16)10(18)19/h5-8H2,1-4H3,(H,14,17)(H,15,20)(H,18,19). The van der Waals surface area contributed by atoms with Gasteiger partial charge in [-0.25, -0.2) is 4.79 Å². The van der Waals surface area contributed by atoms with E-state index in [9.17, 15) is 14.4 Å². The zero-order valence-electron chi connectivity index (χ0n) is 12.4. The zero-order valence-corrected chi connectivity index (χ0v) is 12.4. The maximum atomic E-state index is 12.0. The van der Waals surface area contributed by atoms with Gasteiger partial charge in [-0.3, -0.25) is 9.59 Å². The van der Waals surface area contributed by atoms with Crippen molar-refractivity contribution in [3.8, 4) is 0 Å². The van der Waals surface area contributed by atoms with E-state index in [-0.39, 0.29) is 25.0 Å². The first-order chi connectivity index (χ1) is 9.12. The molecule has 1 atom stereocenters. The summed E-state index contributed by atoms with van der Waals surface area (Å²) in [6, 6.07) is -0.327. The van der Waals surface area contributed by atoms with Crippen LogP contribution < -0.4 is 10.6 Å². The van der Waals surface area contributed by atoms with Crippen LogP contribution in [0.4, 0.5) is 4.79 Å². The molecule has 0 aromatic rings. The van der Waals surface area contributed by atoms with E-state index in [0.717, 1.165) is 0 Å². The summed E-state index contributed by atoms with van der Waals surface area (Å²) in [6.07, 6.45) is 0.439. The average molecular weight is 285 g/mol. The summed E-state index contributed by atoms with van der Waals surface area (Å²) in [7, 11) is 1.55. The van der Waals surface area contributed by atoms with E-state index in [1.54, 1.807) is 27.8 Å². The van der Waals surface area contributed by atoms with Crippen molar-refractivity contribution in [2.75, 3.05) is 26.7 Å². The molecule has 0 aromatic carbocycles. The van der Waals surface area contributed by atoms with E-state index in [1.165, 1.54) is 4.90 Å². The Morgan fingerprint density at radius 1 is 1.35 bits per heavy atom. The van der Waals surface area contributed by atoms with Gasteiger partial charge in [0.15, 0.2) is 0 Å². The third-order valence-electron chi connectivity index (χ3n) is 3.80. The van der Waals surface area contributed by atoms with E-state index in [2.05, 4.69) is 10.6 Å². The number of likely N-dealkylation sites (tertiary alicyclic amines) is 1. The van der Waals surface area contributed by atoms with Crippen molar-refractivity contribution in [1.82, 2.24) is 15.5 Å². The third-order valence-corrected chi connectivity index (χ3v) is 3.80. The lowest BCUT2D eigenvalue weighted by atomic mass is 9.90. The van der Waals surface area contributed by atoms with E-state index in [4.69, 9.17) is 5.11 Å². The molecule has 1 heterocycles. The number of nitrogens with one attached hydrogen (secondary N) is 2. The quantitative estimate of drug-likeness (QED) is 0.690. The minimum Gasteiger partial charge on any atom is -0.481 e. The lowest BCUT2D eigenvalue weighted by molar-refractivity contribution is -0.147. The summed E-state index contributed by atoms with van der Waals surface area (Å²) in [5.41, 5.74) is -1.59. The van der Waals surface area contributed by atoms with Crippen molar-refractivity contribution in [2.24, 2.45) is 10.8 Å². The van der Waals surface area contributed by atoms with Gasteiger partial charge in [-0.2, -0.15) is 0 Å². The average Bonchev–Trinajstić information content (AvgIpc) is 2.79. The van der Waals surface area contributed by atoms with Gasteiger partial charge in [-0.1, -0.05) is 0 Å². The molecule has 3 amide bonds. The second kappa shape index (κ2) is 5.68. The number of amides is 3. The molecule has 1 unspecified atom stereocenters. The molecule has 1 rings (SSSR count). The Hall–Kier alpha value is -1.79. The molecule has 0 aliphatic carbocycles. The molecule has 0 aromatic heterocycles. The Morgan fingerprint density at radius 3 is 2.40 bits per heavy atom. The normalized spacial score (nSPS) is 22.5. The molecule has 0 saturated carbocycles. The molecule has 1 aliphatic rings. The fraction of sp³-hybridized carbons (Fsp3) is 0.769. The summed E-state index contributed by atoms with van der Waals surface area (Å²) in [6.45, 7) is 5.90. The van der Waals surface area contributed by atoms with Crippen LogP contribution in [0.1, 0.15) is 27.2 Å². The van der Waals surface area contributed by atoms with Crippen LogP contribution in [0.2, 0.25) is 0 Å². The third kappa shape index (κ3) is 3.40. The Morgan fingerprint density at radius 2 is 1.95 bits per heavy atom. The topological polar surface area (TPSA) is 98.7 Å². The Kier molecular flexibility index (Phi) is 4.62. The van der Waals surface area contributed by atoms with Crippen LogP contribution in [0.3, 0.4) is 0 Å². The molecule has 0 bridgehead atoms. The van der Waals surface area contributed by atoms with Gasteiger partial charge in [0.2, 0.25) is 5.91 Å². The Balaban J connectivity index is 2.54. The number of carboxylic acid groups (broad SMARTS) is 1. The first kappa shape index (κ1) is 16.3. The van der Waals surface area contributed by atoms with Crippen LogP contribution in [0.25, 0.3) is 0 Å². The van der Waals surface area contributed by atoms with E-state index in [1.807, 2.05) is 0 Å². The number of aliphatic carboxylic acids is 1. The largest absolute Gasteiger partial charge is 0.481 e. The molecule has 0 spiro atoms. The molecular weight excluding hydrogens is 262 g/mol. The second-order valence-corrected chi connectivity index (χ2v) is 6.16. The van der Waals surface area contributed by atoms with Gasteiger partial charge in [-0.05, 0) is 27.2 Å². The lowest BCUT2D eigenvalue weighted by Crippen LogP contribution is -2.47. The van der Waals surface area contributed by atoms with E-state index >= 15 is 0 Å². The number of rotatable bonds is 4. The number of hydrogen-bond acceptors (Lipinski definition) is 3. The number of carboxylic acids is 1. The van der Waals surface area contributed by atoms with Crippen molar-refractivity contribution in [1.29, 1.82) is 0 Å². The molecular formula is C13H23N3O4. The summed E-state index contributed by atoms with van der Waals surface area (Å²) < 4.78 is 0. The van der Waals surface area contributed by atoms with Crippen molar-refractivity contribution >= 4 is 17.9 Å². The highest BCUT2D eigenvalue weighted by molar-refractivity contribution is 5.83. The van der Waals surface area contributed by atoms with E-state index < -0.39 is 16.8 Å². The molecule has 1 saturated heterocycles. The molecule has 1 fully saturated rings. The minimum absolute atomic E-state index is 0.158. The lowest BCUT2D eigenvalue weighted by Gasteiger charge is -2.25. The van der Waals surface area contributed by atoms with Gasteiger partial charge in [-0.15, -0.1) is 0 Å². The first-order valence-corrected chi connectivity index (χ1v) is 6.61. The fourth-order valence-electron chi connectivity index (χ4n) is 2.14. The highest BCUT2D eigenvalue weighted by atomic mass is 16.4. The van der Waals surface area contributed by atoms with Gasteiger partial charge >= 0.3 is 12.0 Å². The molecule has 0 radical (unpaired) electrons. The molecule has 1 aliphatic heterocycles. The van der Waals surface area contributed by atoms with Crippen LogP contribution in [0.15, 0.2) is 0 Å². The maximum Gasteiger partial charge on any atom is 0.317 e. The molecule has 7 heteroatoms. The summed E-state index contributed by atoms with van der Waals surface area (Å²) in [5, 5.41) is 14.4. The molecule has 20 heavy (non-hydrogen) atoms. The Labute approximate surface area is 118 Å². The van der Waals surface area contributed by atoms with Gasteiger partial charge < -0.3 is 20.6 Å². The summed E-state index contributed by atoms with van der Waals surface area (Å²) >= 11 is 0. The first-order valence-electron chi connectivity index (χ1n) is 6.61. The summed E-state index contributed by atoms with van der Waals surface area (Å²) in [5.74, 6) is -1.05. The zero-order chi connectivity index (χ0) is 15.6. The van der Waals surface area contributed by atoms with Crippen LogP contribution in [0.5, 0.6) is 0 Å². The van der Waals surface area contributed by atoms with Crippen LogP contribution in [-0.4, -0.2) is 54.6 Å². The van der Waals surface area contributed by atoms with Crippen LogP contribution in [0, 0.1) is 10.8 Å². The number of nitrogens with zero attached hydrogens (tertiary/aromatic N) is 1.